The Hall–Kier alpha value is -4.71. The van der Waals surface area contributed by atoms with Crippen molar-refractivity contribution in [3.05, 3.63) is 83.8 Å². The maximum atomic E-state index is 12.5. The van der Waals surface area contributed by atoms with Crippen molar-refractivity contribution in [1.29, 1.82) is 0 Å². The smallest absolute Gasteiger partial charge is 0.182 e. The monoisotopic (exact) mass is 474 g/mol. The first-order valence-electron chi connectivity index (χ1n) is 11.5. The Morgan fingerprint density at radius 2 is 0.639 bits per heavy atom. The first-order valence-corrected chi connectivity index (χ1v) is 11.5. The largest absolute Gasteiger partial charge is 0.507 e. The molecule has 0 aliphatic heterocycles. The van der Waals surface area contributed by atoms with Crippen LogP contribution in [0.5, 0.6) is 17.2 Å². The Morgan fingerprint density at radius 1 is 0.389 bits per heavy atom. The molecule has 0 amide bonds. The number of fused-ring (bicyclic) bond motifs is 12. The average molecular weight is 474 g/mol. The predicted octanol–water partition coefficient (Wildman–Crippen LogP) is 5.04. The van der Waals surface area contributed by atoms with E-state index < -0.39 is 0 Å². The second kappa shape index (κ2) is 6.29. The van der Waals surface area contributed by atoms with Crippen LogP contribution in [-0.4, -0.2) is 15.3 Å². The van der Waals surface area contributed by atoms with Gasteiger partial charge in [0.1, 0.15) is 17.2 Å². The number of hydrogen-bond donors (Lipinski definition) is 3. The summed E-state index contributed by atoms with van der Waals surface area (Å²) >= 11 is 0. The molecule has 0 atom stereocenters. The number of hydrogen-bond acceptors (Lipinski definition) is 6. The minimum absolute atomic E-state index is 0.134. The molecule has 6 nitrogen and oxygen atoms in total. The molecule has 0 aromatic heterocycles. The summed E-state index contributed by atoms with van der Waals surface area (Å²) in [5.74, 6) is -0.402. The molecule has 7 aromatic rings. The van der Waals surface area contributed by atoms with Crippen molar-refractivity contribution in [2.24, 2.45) is 0 Å². The van der Waals surface area contributed by atoms with Crippen molar-refractivity contribution in [3.63, 3.8) is 0 Å². The molecule has 0 heterocycles. The number of aryl methyl sites for hydroxylation is 3. The fourth-order valence-electron chi connectivity index (χ4n) is 5.94. The zero-order valence-electron chi connectivity index (χ0n) is 19.5. The zero-order valence-corrected chi connectivity index (χ0v) is 19.5. The molecule has 7 aromatic carbocycles. The van der Waals surface area contributed by atoms with E-state index in [2.05, 4.69) is 0 Å². The summed E-state index contributed by atoms with van der Waals surface area (Å²) in [4.78, 5) is 37.5. The minimum Gasteiger partial charge on any atom is -0.507 e. The molecule has 0 aliphatic carbocycles. The van der Waals surface area contributed by atoms with Crippen molar-refractivity contribution < 1.29 is 15.3 Å². The molecule has 0 bridgehead atoms. The third-order valence-corrected chi connectivity index (χ3v) is 7.73. The van der Waals surface area contributed by atoms with Crippen LogP contribution in [0.1, 0.15) is 16.7 Å². The Kier molecular flexibility index (Phi) is 3.61. The summed E-state index contributed by atoms with van der Waals surface area (Å²) in [6.07, 6.45) is 0. The van der Waals surface area contributed by atoms with Crippen molar-refractivity contribution in [1.82, 2.24) is 0 Å². The van der Waals surface area contributed by atoms with Crippen LogP contribution in [0, 0.1) is 20.8 Å². The second-order valence-electron chi connectivity index (χ2n) is 9.79. The van der Waals surface area contributed by atoms with E-state index in [1.807, 2.05) is 0 Å². The summed E-state index contributed by atoms with van der Waals surface area (Å²) in [5, 5.41) is 39.9. The van der Waals surface area contributed by atoms with E-state index in [-0.39, 0.29) is 33.5 Å². The van der Waals surface area contributed by atoms with Crippen molar-refractivity contribution >= 4 is 64.6 Å². The fourth-order valence-corrected chi connectivity index (χ4v) is 5.94. The summed E-state index contributed by atoms with van der Waals surface area (Å²) in [5.41, 5.74) is 0.762. The normalized spacial score (nSPS) is 12.4. The molecule has 0 aliphatic rings. The summed E-state index contributed by atoms with van der Waals surface area (Å²) in [6, 6.07) is 9.21. The minimum atomic E-state index is -0.230. The lowest BCUT2D eigenvalue weighted by Crippen LogP contribution is -2.00. The summed E-state index contributed by atoms with van der Waals surface area (Å²) < 4.78 is 0. The quantitative estimate of drug-likeness (QED) is 0.284. The Bertz CT molecular complexity index is 2030. The van der Waals surface area contributed by atoms with E-state index in [1.54, 1.807) is 39.0 Å². The molecule has 3 N–H and O–H groups in total. The molecular formula is C30H18O6. The molecule has 7 rings (SSSR count). The van der Waals surface area contributed by atoms with Gasteiger partial charge in [0.05, 0.1) is 0 Å². The van der Waals surface area contributed by atoms with Crippen LogP contribution in [0.2, 0.25) is 0 Å². The molecule has 0 saturated carbocycles. The van der Waals surface area contributed by atoms with Crippen LogP contribution in [-0.2, 0) is 0 Å². The predicted molar refractivity (Wildman–Crippen MR) is 143 cm³/mol. The molecule has 36 heavy (non-hydrogen) atoms. The van der Waals surface area contributed by atoms with Gasteiger partial charge in [0.2, 0.25) is 0 Å². The van der Waals surface area contributed by atoms with Gasteiger partial charge in [-0.25, -0.2) is 0 Å². The van der Waals surface area contributed by atoms with E-state index in [4.69, 9.17) is 0 Å². The van der Waals surface area contributed by atoms with E-state index in [0.29, 0.717) is 81.3 Å². The van der Waals surface area contributed by atoms with Crippen LogP contribution >= 0.6 is 0 Å². The van der Waals surface area contributed by atoms with Gasteiger partial charge in [0.25, 0.3) is 0 Å². The van der Waals surface area contributed by atoms with Gasteiger partial charge in [-0.3, -0.25) is 14.4 Å². The maximum Gasteiger partial charge on any atom is 0.182 e. The maximum absolute atomic E-state index is 12.5. The van der Waals surface area contributed by atoms with Gasteiger partial charge >= 0.3 is 0 Å². The highest BCUT2D eigenvalue weighted by molar-refractivity contribution is 6.47. The van der Waals surface area contributed by atoms with Crippen molar-refractivity contribution in [2.75, 3.05) is 0 Å². The highest BCUT2D eigenvalue weighted by Gasteiger charge is 2.29. The lowest BCUT2D eigenvalue weighted by molar-refractivity contribution is 0.488. The van der Waals surface area contributed by atoms with Crippen LogP contribution in [0.4, 0.5) is 0 Å². The fraction of sp³-hybridized carbons (Fsp3) is 0.100. The molecule has 0 fully saturated rings. The number of rotatable bonds is 0. The topological polar surface area (TPSA) is 112 Å². The van der Waals surface area contributed by atoms with Crippen LogP contribution in [0.15, 0.2) is 50.8 Å². The molecule has 0 radical (unpaired) electrons. The first-order chi connectivity index (χ1) is 17.1. The molecular weight excluding hydrogens is 456 g/mol. The van der Waals surface area contributed by atoms with Gasteiger partial charge < -0.3 is 15.3 Å². The lowest BCUT2D eigenvalue weighted by Gasteiger charge is -2.04. The zero-order chi connectivity index (χ0) is 25.4. The van der Waals surface area contributed by atoms with Gasteiger partial charge in [0.15, 0.2) is 16.3 Å². The Labute approximate surface area is 201 Å². The molecule has 0 spiro atoms. The van der Waals surface area contributed by atoms with Gasteiger partial charge in [-0.2, -0.15) is 0 Å². The molecule has 0 unspecified atom stereocenters. The Morgan fingerprint density at radius 3 is 0.889 bits per heavy atom. The third-order valence-electron chi connectivity index (χ3n) is 7.73. The van der Waals surface area contributed by atoms with E-state index >= 15 is 0 Å². The summed E-state index contributed by atoms with van der Waals surface area (Å²) in [7, 11) is 0. The summed E-state index contributed by atoms with van der Waals surface area (Å²) in [6.45, 7) is 5.06. The van der Waals surface area contributed by atoms with Gasteiger partial charge in [-0.1, -0.05) is 0 Å². The van der Waals surface area contributed by atoms with Crippen molar-refractivity contribution in [2.45, 2.75) is 20.8 Å². The molecule has 174 valence electrons. The van der Waals surface area contributed by atoms with Gasteiger partial charge in [-0.05, 0) is 90.0 Å². The Balaban J connectivity index is 1.99. The highest BCUT2D eigenvalue weighted by Crippen LogP contribution is 2.57. The molecule has 0 saturated heterocycles. The second-order valence-corrected chi connectivity index (χ2v) is 9.79. The number of benzene rings is 4. The average Bonchev–Trinajstić information content (AvgIpc) is 3.37. The van der Waals surface area contributed by atoms with Crippen molar-refractivity contribution in [3.8, 4) is 17.2 Å². The van der Waals surface area contributed by atoms with E-state index in [0.717, 1.165) is 0 Å². The van der Waals surface area contributed by atoms with Crippen LogP contribution in [0.25, 0.3) is 64.6 Å². The lowest BCUT2D eigenvalue weighted by atomic mass is 9.98. The van der Waals surface area contributed by atoms with Crippen LogP contribution < -0.4 is 16.3 Å². The van der Waals surface area contributed by atoms with Gasteiger partial charge in [-0.15, -0.1) is 0 Å². The van der Waals surface area contributed by atoms with E-state index in [9.17, 15) is 29.7 Å². The number of aromatic hydroxyl groups is 3. The first kappa shape index (κ1) is 20.6. The molecule has 6 heteroatoms. The SMILES string of the molecule is Cc1cc2c(cc1=O)c(O)c1c2c2c(O)c3cc(=O)c(C)cc3c2c2c(O)c3cc(=O)c(C)cc3c12. The van der Waals surface area contributed by atoms with Crippen LogP contribution in [0.3, 0.4) is 0 Å². The van der Waals surface area contributed by atoms with E-state index in [1.165, 1.54) is 18.2 Å². The van der Waals surface area contributed by atoms with Gasteiger partial charge in [0, 0.05) is 48.5 Å². The third kappa shape index (κ3) is 2.20. The standard InChI is InChI=1S/C30H18O6/c1-10-4-13-16(7-19(10)31)28(34)25-22(13)26-24(14-5-11(2)20(32)8-17(14)29(26)35)27-23(25)15-6-12(3)21(33)9-18(15)30(27)36/h4-9,34-36H,1-3H3. The highest BCUT2D eigenvalue weighted by atomic mass is 16.3.